The largest absolute Gasteiger partial charge is 0.492 e. The predicted octanol–water partition coefficient (Wildman–Crippen LogP) is 5.85. The lowest BCUT2D eigenvalue weighted by molar-refractivity contribution is 0.174. The predicted molar refractivity (Wildman–Crippen MR) is 145 cm³/mol. The van der Waals surface area contributed by atoms with E-state index in [0.29, 0.717) is 12.4 Å². The Kier molecular flexibility index (Phi) is 8.27. The van der Waals surface area contributed by atoms with Gasteiger partial charge < -0.3 is 28.5 Å². The average molecular weight is 522 g/mol. The van der Waals surface area contributed by atoms with Crippen molar-refractivity contribution in [3.8, 4) is 23.0 Å². The third kappa shape index (κ3) is 6.25. The first kappa shape index (κ1) is 25.6. The molecule has 37 heavy (non-hydrogen) atoms. The maximum Gasteiger partial charge on any atom is 0.391 e. The highest BCUT2D eigenvalue weighted by atomic mass is 31.2. The Labute approximate surface area is 218 Å². The molecule has 2 heterocycles. The van der Waals surface area contributed by atoms with E-state index >= 15 is 0 Å². The SMILES string of the molecule is CCC(=C(c1ccc(OCCN2CCCC2)cc1)c1ccc(OP(O)O)cc1)c1ccc2c(c1)OCO2. The summed E-state index contributed by atoms with van der Waals surface area (Å²) in [5, 5.41) is 0. The molecule has 1 fully saturated rings. The van der Waals surface area contributed by atoms with Crippen molar-refractivity contribution in [2.75, 3.05) is 33.0 Å². The van der Waals surface area contributed by atoms with Crippen molar-refractivity contribution in [3.63, 3.8) is 0 Å². The standard InChI is InChI=1S/C29H32NO6P/c1-2-26(23-9-14-27-28(19-23)35-20-34-27)29(22-7-12-25(13-8-22)36-37(31)32)21-5-10-24(11-6-21)33-18-17-30-15-3-4-16-30/h5-14,19,31-32H,2-4,15-18,20H2,1H3. The zero-order valence-electron chi connectivity index (χ0n) is 20.9. The van der Waals surface area contributed by atoms with Crippen LogP contribution in [0.2, 0.25) is 0 Å². The van der Waals surface area contributed by atoms with Crippen LogP contribution in [-0.2, 0) is 0 Å². The molecule has 7 nitrogen and oxygen atoms in total. The normalized spacial score (nSPS) is 15.7. The van der Waals surface area contributed by atoms with Crippen LogP contribution in [0, 0.1) is 0 Å². The minimum atomic E-state index is -2.47. The van der Waals surface area contributed by atoms with Crippen LogP contribution in [0.4, 0.5) is 0 Å². The highest BCUT2D eigenvalue weighted by Crippen LogP contribution is 2.40. The molecule has 0 atom stereocenters. The summed E-state index contributed by atoms with van der Waals surface area (Å²) in [4.78, 5) is 20.9. The van der Waals surface area contributed by atoms with Gasteiger partial charge in [-0.05, 0) is 96.6 Å². The first-order chi connectivity index (χ1) is 18.1. The summed E-state index contributed by atoms with van der Waals surface area (Å²) in [6.07, 6.45) is 3.35. The molecule has 2 aliphatic rings. The van der Waals surface area contributed by atoms with Crippen LogP contribution >= 0.6 is 8.60 Å². The van der Waals surface area contributed by atoms with Gasteiger partial charge in [0.1, 0.15) is 18.1 Å². The van der Waals surface area contributed by atoms with Gasteiger partial charge >= 0.3 is 8.60 Å². The molecule has 2 N–H and O–H groups in total. The van der Waals surface area contributed by atoms with Gasteiger partial charge in [-0.15, -0.1) is 0 Å². The summed E-state index contributed by atoms with van der Waals surface area (Å²) >= 11 is 0. The number of hydrogen-bond donors (Lipinski definition) is 2. The summed E-state index contributed by atoms with van der Waals surface area (Å²) in [6, 6.07) is 21.6. The third-order valence-electron chi connectivity index (χ3n) is 6.72. The van der Waals surface area contributed by atoms with Crippen LogP contribution < -0.4 is 18.7 Å². The van der Waals surface area contributed by atoms with Crippen molar-refractivity contribution >= 4 is 19.7 Å². The van der Waals surface area contributed by atoms with Crippen LogP contribution in [0.1, 0.15) is 42.9 Å². The maximum absolute atomic E-state index is 9.22. The highest BCUT2D eigenvalue weighted by molar-refractivity contribution is 7.39. The molecule has 0 saturated carbocycles. The van der Waals surface area contributed by atoms with Crippen molar-refractivity contribution in [2.24, 2.45) is 0 Å². The molecular weight excluding hydrogens is 489 g/mol. The van der Waals surface area contributed by atoms with Crippen molar-refractivity contribution in [3.05, 3.63) is 83.4 Å². The number of likely N-dealkylation sites (tertiary alicyclic amines) is 1. The van der Waals surface area contributed by atoms with E-state index in [4.69, 9.17) is 18.7 Å². The average Bonchev–Trinajstić information content (AvgIpc) is 3.60. The molecule has 0 spiro atoms. The van der Waals surface area contributed by atoms with Crippen molar-refractivity contribution < 1.29 is 28.5 Å². The quantitative estimate of drug-likeness (QED) is 0.256. The number of hydrogen-bond acceptors (Lipinski definition) is 7. The van der Waals surface area contributed by atoms with Gasteiger partial charge in [-0.3, -0.25) is 4.90 Å². The fraction of sp³-hybridized carbons (Fsp3) is 0.310. The number of nitrogens with zero attached hydrogens (tertiary/aromatic N) is 1. The first-order valence-corrected chi connectivity index (χ1v) is 13.8. The van der Waals surface area contributed by atoms with Gasteiger partial charge in [-0.25, -0.2) is 0 Å². The minimum Gasteiger partial charge on any atom is -0.492 e. The fourth-order valence-electron chi connectivity index (χ4n) is 4.92. The second-order valence-corrected chi connectivity index (χ2v) is 9.75. The molecule has 3 aromatic rings. The Bertz CT molecular complexity index is 1220. The topological polar surface area (TPSA) is 80.6 Å². The second kappa shape index (κ2) is 12.0. The van der Waals surface area contributed by atoms with Crippen molar-refractivity contribution in [1.82, 2.24) is 4.90 Å². The van der Waals surface area contributed by atoms with E-state index in [0.717, 1.165) is 71.1 Å². The van der Waals surface area contributed by atoms with Crippen LogP contribution in [0.25, 0.3) is 11.1 Å². The maximum atomic E-state index is 9.22. The number of rotatable bonds is 10. The number of ether oxygens (including phenoxy) is 3. The Morgan fingerprint density at radius 1 is 0.838 bits per heavy atom. The van der Waals surface area contributed by atoms with Gasteiger partial charge in [-0.1, -0.05) is 37.3 Å². The van der Waals surface area contributed by atoms with E-state index in [-0.39, 0.29) is 6.79 Å². The lowest BCUT2D eigenvalue weighted by Crippen LogP contribution is -2.25. The van der Waals surface area contributed by atoms with Gasteiger partial charge in [0.15, 0.2) is 11.5 Å². The number of fused-ring (bicyclic) bond motifs is 1. The zero-order valence-corrected chi connectivity index (χ0v) is 21.8. The van der Waals surface area contributed by atoms with Crippen LogP contribution in [0.3, 0.4) is 0 Å². The molecule has 0 unspecified atom stereocenters. The first-order valence-electron chi connectivity index (χ1n) is 12.7. The summed E-state index contributed by atoms with van der Waals surface area (Å²) in [5.41, 5.74) is 5.33. The van der Waals surface area contributed by atoms with Crippen molar-refractivity contribution in [2.45, 2.75) is 26.2 Å². The molecular formula is C29H32NO6P. The molecule has 194 valence electrons. The molecule has 2 aliphatic heterocycles. The molecule has 0 radical (unpaired) electrons. The number of allylic oxidation sites excluding steroid dienone is 1. The Morgan fingerprint density at radius 3 is 2.11 bits per heavy atom. The highest BCUT2D eigenvalue weighted by Gasteiger charge is 2.18. The Morgan fingerprint density at radius 2 is 1.46 bits per heavy atom. The van der Waals surface area contributed by atoms with E-state index in [1.54, 1.807) is 12.1 Å². The van der Waals surface area contributed by atoms with Gasteiger partial charge in [0, 0.05) is 6.54 Å². The smallest absolute Gasteiger partial charge is 0.391 e. The van der Waals surface area contributed by atoms with E-state index in [1.165, 1.54) is 12.8 Å². The van der Waals surface area contributed by atoms with Gasteiger partial charge in [0.05, 0.1) is 0 Å². The van der Waals surface area contributed by atoms with E-state index in [2.05, 4.69) is 30.0 Å². The molecule has 8 heteroatoms. The Hall–Kier alpha value is -3.09. The van der Waals surface area contributed by atoms with Gasteiger partial charge in [-0.2, -0.15) is 0 Å². The monoisotopic (exact) mass is 521 g/mol. The fourth-order valence-corrected chi connectivity index (χ4v) is 5.23. The lowest BCUT2D eigenvalue weighted by atomic mass is 9.88. The second-order valence-electron chi connectivity index (χ2n) is 9.07. The molecule has 0 amide bonds. The van der Waals surface area contributed by atoms with Gasteiger partial charge in [0.25, 0.3) is 0 Å². The van der Waals surface area contributed by atoms with Gasteiger partial charge in [0.2, 0.25) is 6.79 Å². The molecule has 1 saturated heterocycles. The Balaban J connectivity index is 1.46. The summed E-state index contributed by atoms with van der Waals surface area (Å²) in [7, 11) is -2.47. The third-order valence-corrected chi connectivity index (χ3v) is 7.10. The van der Waals surface area contributed by atoms with Crippen LogP contribution in [0.5, 0.6) is 23.0 Å². The van der Waals surface area contributed by atoms with Crippen molar-refractivity contribution in [1.29, 1.82) is 0 Å². The van der Waals surface area contributed by atoms with E-state index in [1.807, 2.05) is 36.4 Å². The van der Waals surface area contributed by atoms with E-state index in [9.17, 15) is 9.79 Å². The van der Waals surface area contributed by atoms with Crippen LogP contribution in [0.15, 0.2) is 66.7 Å². The molecule has 0 aromatic heterocycles. The summed E-state index contributed by atoms with van der Waals surface area (Å²) in [6.45, 7) is 6.33. The van der Waals surface area contributed by atoms with E-state index < -0.39 is 8.60 Å². The summed E-state index contributed by atoms with van der Waals surface area (Å²) in [5.74, 6) is 2.75. The summed E-state index contributed by atoms with van der Waals surface area (Å²) < 4.78 is 22.3. The number of benzene rings is 3. The molecule has 5 rings (SSSR count). The molecule has 0 bridgehead atoms. The molecule has 3 aromatic carbocycles. The minimum absolute atomic E-state index is 0.232. The zero-order chi connectivity index (χ0) is 25.6. The van der Waals surface area contributed by atoms with Crippen LogP contribution in [-0.4, -0.2) is 47.7 Å². The lowest BCUT2D eigenvalue weighted by Gasteiger charge is -2.18. The molecule has 0 aliphatic carbocycles.